The molecule has 132 valence electrons. The number of carbonyl (C=O) groups excluding carboxylic acids is 2. The molecule has 0 aromatic carbocycles. The van der Waals surface area contributed by atoms with Gasteiger partial charge in [0.2, 0.25) is 5.91 Å². The van der Waals surface area contributed by atoms with Gasteiger partial charge in [-0.25, -0.2) is 4.79 Å². The summed E-state index contributed by atoms with van der Waals surface area (Å²) in [5, 5.41) is 11.8. The minimum Gasteiger partial charge on any atom is -0.478 e. The van der Waals surface area contributed by atoms with Gasteiger partial charge in [0.05, 0.1) is 5.56 Å². The monoisotopic (exact) mass is 336 g/mol. The van der Waals surface area contributed by atoms with Crippen molar-refractivity contribution < 1.29 is 23.9 Å². The molecule has 1 saturated carbocycles. The van der Waals surface area contributed by atoms with E-state index >= 15 is 0 Å². The second kappa shape index (κ2) is 7.51. The van der Waals surface area contributed by atoms with Crippen LogP contribution in [-0.2, 0) is 4.79 Å². The average Bonchev–Trinajstić information content (AvgIpc) is 3.07. The van der Waals surface area contributed by atoms with E-state index in [4.69, 9.17) is 9.52 Å². The zero-order chi connectivity index (χ0) is 17.7. The molecule has 0 aliphatic heterocycles. The third-order valence-corrected chi connectivity index (χ3v) is 4.59. The summed E-state index contributed by atoms with van der Waals surface area (Å²) in [6.07, 6.45) is 4.96. The van der Waals surface area contributed by atoms with Crippen LogP contribution < -0.4 is 5.32 Å². The number of hydrogen-bond donors (Lipinski definition) is 2. The first-order chi connectivity index (χ1) is 11.4. The van der Waals surface area contributed by atoms with Gasteiger partial charge in [-0.15, -0.1) is 0 Å². The zero-order valence-electron chi connectivity index (χ0n) is 14.1. The highest BCUT2D eigenvalue weighted by Crippen LogP contribution is 2.30. The van der Waals surface area contributed by atoms with Gasteiger partial charge in [-0.2, -0.15) is 0 Å². The zero-order valence-corrected chi connectivity index (χ0v) is 14.1. The van der Waals surface area contributed by atoms with Crippen molar-refractivity contribution >= 4 is 17.8 Å². The Bertz CT molecular complexity index is 612. The Morgan fingerprint density at radius 2 is 1.83 bits per heavy atom. The van der Waals surface area contributed by atoms with E-state index in [-0.39, 0.29) is 17.2 Å². The van der Waals surface area contributed by atoms with Crippen LogP contribution >= 0.6 is 0 Å². The topological polar surface area (TPSA) is 99.9 Å². The quantitative estimate of drug-likeness (QED) is 0.830. The van der Waals surface area contributed by atoms with Crippen LogP contribution in [0.3, 0.4) is 0 Å². The smallest absolute Gasteiger partial charge is 0.338 e. The molecule has 2 N–H and O–H groups in total. The third kappa shape index (κ3) is 3.60. The van der Waals surface area contributed by atoms with Crippen molar-refractivity contribution in [2.24, 2.45) is 0 Å². The maximum atomic E-state index is 12.9. The molecule has 0 atom stereocenters. The van der Waals surface area contributed by atoms with E-state index in [2.05, 4.69) is 5.32 Å². The fourth-order valence-corrected chi connectivity index (χ4v) is 3.21. The molecule has 0 saturated heterocycles. The number of nitrogens with one attached hydrogen (secondary N) is 1. The van der Waals surface area contributed by atoms with Crippen LogP contribution in [-0.4, -0.2) is 46.4 Å². The largest absolute Gasteiger partial charge is 0.478 e. The molecule has 0 radical (unpaired) electrons. The second-order valence-corrected chi connectivity index (χ2v) is 6.08. The molecule has 2 amide bonds. The number of aromatic carboxylic acids is 1. The van der Waals surface area contributed by atoms with Gasteiger partial charge in [0, 0.05) is 19.2 Å². The highest BCUT2D eigenvalue weighted by molar-refractivity contribution is 5.99. The SMILES string of the molecule is CCN(CC)C(=O)C1(NC(=O)c2cc(C(=O)O)co2)CCCCC1. The number of carbonyl (C=O) groups is 3. The molecular formula is C17H24N2O5. The van der Waals surface area contributed by atoms with Crippen molar-refractivity contribution in [3.8, 4) is 0 Å². The van der Waals surface area contributed by atoms with Crippen LogP contribution in [0, 0.1) is 0 Å². The molecule has 24 heavy (non-hydrogen) atoms. The molecule has 1 fully saturated rings. The molecule has 1 aliphatic carbocycles. The highest BCUT2D eigenvalue weighted by atomic mass is 16.4. The highest BCUT2D eigenvalue weighted by Gasteiger charge is 2.43. The molecule has 1 aliphatic rings. The van der Waals surface area contributed by atoms with Gasteiger partial charge in [-0.3, -0.25) is 9.59 Å². The van der Waals surface area contributed by atoms with Crippen molar-refractivity contribution in [2.45, 2.75) is 51.5 Å². The van der Waals surface area contributed by atoms with Crippen LogP contribution in [0.5, 0.6) is 0 Å². The van der Waals surface area contributed by atoms with Crippen LogP contribution in [0.2, 0.25) is 0 Å². The predicted molar refractivity (Wildman–Crippen MR) is 86.9 cm³/mol. The number of likely N-dealkylation sites (N-methyl/N-ethyl adjacent to an activating group) is 1. The van der Waals surface area contributed by atoms with E-state index in [1.807, 2.05) is 13.8 Å². The summed E-state index contributed by atoms with van der Waals surface area (Å²) >= 11 is 0. The van der Waals surface area contributed by atoms with Gasteiger partial charge in [0.1, 0.15) is 11.8 Å². The summed E-state index contributed by atoms with van der Waals surface area (Å²) in [4.78, 5) is 38.1. The van der Waals surface area contributed by atoms with Crippen molar-refractivity contribution in [1.82, 2.24) is 10.2 Å². The molecule has 0 spiro atoms. The maximum absolute atomic E-state index is 12.9. The predicted octanol–water partition coefficient (Wildman–Crippen LogP) is 2.28. The van der Waals surface area contributed by atoms with Gasteiger partial charge in [0.15, 0.2) is 5.76 Å². The first-order valence-electron chi connectivity index (χ1n) is 8.37. The van der Waals surface area contributed by atoms with Crippen molar-refractivity contribution in [3.63, 3.8) is 0 Å². The number of furan rings is 1. The standard InChI is InChI=1S/C17H24N2O5/c1-3-19(4-2)16(23)17(8-6-5-7-9-17)18-14(20)13-10-12(11-24-13)15(21)22/h10-11H,3-9H2,1-2H3,(H,18,20)(H,21,22). The van der Waals surface area contributed by atoms with Gasteiger partial charge in [0.25, 0.3) is 5.91 Å². The Balaban J connectivity index is 2.23. The lowest BCUT2D eigenvalue weighted by molar-refractivity contribution is -0.139. The molecule has 0 bridgehead atoms. The van der Waals surface area contributed by atoms with Crippen LogP contribution in [0.15, 0.2) is 16.7 Å². The molecular weight excluding hydrogens is 312 g/mol. The van der Waals surface area contributed by atoms with Gasteiger partial charge in [-0.05, 0) is 26.7 Å². The van der Waals surface area contributed by atoms with E-state index in [0.29, 0.717) is 25.9 Å². The number of hydrogen-bond acceptors (Lipinski definition) is 4. The van der Waals surface area contributed by atoms with Gasteiger partial charge >= 0.3 is 5.97 Å². The number of rotatable bonds is 6. The molecule has 0 unspecified atom stereocenters. The molecule has 2 rings (SSSR count). The Labute approximate surface area is 141 Å². The van der Waals surface area contributed by atoms with E-state index in [0.717, 1.165) is 25.5 Å². The summed E-state index contributed by atoms with van der Waals surface area (Å²) in [7, 11) is 0. The summed E-state index contributed by atoms with van der Waals surface area (Å²) < 4.78 is 5.05. The summed E-state index contributed by atoms with van der Waals surface area (Å²) in [5.41, 5.74) is -1.02. The maximum Gasteiger partial charge on any atom is 0.338 e. The van der Waals surface area contributed by atoms with E-state index in [1.165, 1.54) is 6.07 Å². The minimum atomic E-state index is -1.16. The van der Waals surface area contributed by atoms with Gasteiger partial charge < -0.3 is 19.7 Å². The Kier molecular flexibility index (Phi) is 5.64. The van der Waals surface area contributed by atoms with Crippen LogP contribution in [0.4, 0.5) is 0 Å². The molecule has 1 aromatic heterocycles. The summed E-state index contributed by atoms with van der Waals surface area (Å²) in [6, 6.07) is 1.18. The Morgan fingerprint density at radius 1 is 1.21 bits per heavy atom. The van der Waals surface area contributed by atoms with Crippen LogP contribution in [0.1, 0.15) is 66.9 Å². The lowest BCUT2D eigenvalue weighted by Crippen LogP contribution is -2.60. The van der Waals surface area contributed by atoms with Gasteiger partial charge in [-0.1, -0.05) is 19.3 Å². The number of carboxylic acids is 1. The lowest BCUT2D eigenvalue weighted by atomic mass is 9.80. The number of carboxylic acid groups (broad SMARTS) is 1. The Hall–Kier alpha value is -2.31. The lowest BCUT2D eigenvalue weighted by Gasteiger charge is -2.39. The molecule has 1 heterocycles. The van der Waals surface area contributed by atoms with Crippen molar-refractivity contribution in [2.75, 3.05) is 13.1 Å². The van der Waals surface area contributed by atoms with Crippen LogP contribution in [0.25, 0.3) is 0 Å². The summed E-state index contributed by atoms with van der Waals surface area (Å²) in [6.45, 7) is 4.98. The number of nitrogens with zero attached hydrogens (tertiary/aromatic N) is 1. The van der Waals surface area contributed by atoms with E-state index < -0.39 is 17.4 Å². The normalized spacial score (nSPS) is 16.4. The van der Waals surface area contributed by atoms with Crippen molar-refractivity contribution in [3.05, 3.63) is 23.7 Å². The minimum absolute atomic E-state index is 0.0782. The molecule has 7 heteroatoms. The fourth-order valence-electron chi connectivity index (χ4n) is 3.21. The van der Waals surface area contributed by atoms with Crippen molar-refractivity contribution in [1.29, 1.82) is 0 Å². The first kappa shape index (κ1) is 18.0. The fraction of sp³-hybridized carbons (Fsp3) is 0.588. The molecule has 7 nitrogen and oxygen atoms in total. The second-order valence-electron chi connectivity index (χ2n) is 6.08. The van der Waals surface area contributed by atoms with E-state index in [9.17, 15) is 14.4 Å². The summed E-state index contributed by atoms with van der Waals surface area (Å²) in [5.74, 6) is -1.88. The molecule has 1 aromatic rings. The van der Waals surface area contributed by atoms with E-state index in [1.54, 1.807) is 4.90 Å². The average molecular weight is 336 g/mol. The first-order valence-corrected chi connectivity index (χ1v) is 8.37. The Morgan fingerprint density at radius 3 is 2.33 bits per heavy atom. The third-order valence-electron chi connectivity index (χ3n) is 4.59. The number of amides is 2.